The number of aromatic nitrogens is 2. The molecule has 0 amide bonds. The Bertz CT molecular complexity index is 1070. The van der Waals surface area contributed by atoms with Gasteiger partial charge >= 0.3 is 10.4 Å². The summed E-state index contributed by atoms with van der Waals surface area (Å²) in [5, 5.41) is 17.4. The first-order chi connectivity index (χ1) is 14.5. The van der Waals surface area contributed by atoms with Crippen molar-refractivity contribution in [3.63, 3.8) is 0 Å². The van der Waals surface area contributed by atoms with E-state index in [0.717, 1.165) is 39.0 Å². The van der Waals surface area contributed by atoms with Crippen molar-refractivity contribution in [2.24, 2.45) is 10.2 Å². The minimum absolute atomic E-state index is 0.133. The van der Waals surface area contributed by atoms with Crippen molar-refractivity contribution in [3.8, 4) is 0 Å². The molecule has 31 heavy (non-hydrogen) atoms. The van der Waals surface area contributed by atoms with Gasteiger partial charge < -0.3 is 4.90 Å². The van der Waals surface area contributed by atoms with E-state index in [1.165, 1.54) is 11.3 Å². The van der Waals surface area contributed by atoms with Crippen LogP contribution in [0.3, 0.4) is 0 Å². The molecule has 2 heterocycles. The zero-order valence-electron chi connectivity index (χ0n) is 18.2. The molecule has 1 unspecified atom stereocenters. The maximum atomic E-state index is 10.9. The number of azo groups is 1. The monoisotopic (exact) mass is 485 g/mol. The number of hydrogen-bond donors (Lipinski definition) is 1. The molecule has 1 aliphatic rings. The maximum Gasteiger partial charge on any atom is 0.397 e. The van der Waals surface area contributed by atoms with E-state index in [4.69, 9.17) is 4.55 Å². The molecule has 0 aliphatic carbocycles. The summed E-state index contributed by atoms with van der Waals surface area (Å²) < 4.78 is 36.2. The van der Waals surface area contributed by atoms with Crippen LogP contribution in [-0.2, 0) is 14.6 Å². The normalized spacial score (nSPS) is 18.5. The fourth-order valence-electron chi connectivity index (χ4n) is 3.91. The molecule has 12 heteroatoms. The summed E-state index contributed by atoms with van der Waals surface area (Å²) in [4.78, 5) is 2.13. The van der Waals surface area contributed by atoms with E-state index in [2.05, 4.69) is 57.2 Å². The van der Waals surface area contributed by atoms with Crippen LogP contribution in [0.15, 0.2) is 26.7 Å². The Kier molecular flexibility index (Phi) is 7.36. The molecule has 2 aromatic rings. The average molecular weight is 486 g/mol. The van der Waals surface area contributed by atoms with Crippen LogP contribution < -0.4 is 4.90 Å². The van der Waals surface area contributed by atoms with Crippen LogP contribution in [0.2, 0.25) is 0 Å². The van der Waals surface area contributed by atoms with Gasteiger partial charge in [0.2, 0.25) is 0 Å². The van der Waals surface area contributed by atoms with Gasteiger partial charge in [-0.1, -0.05) is 36.9 Å². The number of anilines is 1. The van der Waals surface area contributed by atoms with Crippen LogP contribution in [0.4, 0.5) is 16.5 Å². The lowest BCUT2D eigenvalue weighted by Crippen LogP contribution is -2.49. The zero-order chi connectivity index (χ0) is 22.8. The smallest absolute Gasteiger partial charge is 0.364 e. The molecular weight excluding hydrogens is 458 g/mol. The topological polar surface area (TPSA) is 117 Å². The third-order valence-electron chi connectivity index (χ3n) is 5.16. The van der Waals surface area contributed by atoms with Crippen LogP contribution >= 0.6 is 23.1 Å². The number of nitrogens with zero attached hydrogens (tertiary/aromatic N) is 5. The standard InChI is InChI=1S/C19H27N5O4S3/c1-6-29-18-23-22-17(30-18)21-20-15-10-14-13(3)11-19(4,5)24(16(14)9-12(15)2)7-8-28-31(25,26)27/h9-10,13H,6-8,11H2,1-5H3,(H,25,26,27). The van der Waals surface area contributed by atoms with E-state index in [9.17, 15) is 8.42 Å². The fraction of sp³-hybridized carbons (Fsp3) is 0.579. The van der Waals surface area contributed by atoms with Gasteiger partial charge in [0.05, 0.1) is 12.3 Å². The predicted molar refractivity (Wildman–Crippen MR) is 124 cm³/mol. The molecule has 0 radical (unpaired) electrons. The number of aryl methyl sites for hydroxylation is 1. The maximum absolute atomic E-state index is 10.9. The van der Waals surface area contributed by atoms with E-state index in [1.807, 2.05) is 19.1 Å². The van der Waals surface area contributed by atoms with Gasteiger partial charge in [-0.25, -0.2) is 4.18 Å². The highest BCUT2D eigenvalue weighted by molar-refractivity contribution is 8.01. The first-order valence-electron chi connectivity index (χ1n) is 9.92. The van der Waals surface area contributed by atoms with Crippen LogP contribution in [0.1, 0.15) is 51.2 Å². The highest BCUT2D eigenvalue weighted by Gasteiger charge is 2.36. The second-order valence-electron chi connectivity index (χ2n) is 8.00. The lowest BCUT2D eigenvalue weighted by Gasteiger charge is -2.47. The molecule has 0 saturated carbocycles. The average Bonchev–Trinajstić information content (AvgIpc) is 3.09. The molecule has 1 N–H and O–H groups in total. The first-order valence-corrected chi connectivity index (χ1v) is 13.1. The van der Waals surface area contributed by atoms with Crippen molar-refractivity contribution >= 4 is 50.0 Å². The second-order valence-corrected chi connectivity index (χ2v) is 11.6. The Morgan fingerprint density at radius 1 is 1.35 bits per heavy atom. The third-order valence-corrected chi connectivity index (χ3v) is 7.44. The molecule has 9 nitrogen and oxygen atoms in total. The molecule has 3 rings (SSSR count). The van der Waals surface area contributed by atoms with Gasteiger partial charge in [-0.2, -0.15) is 8.42 Å². The lowest BCUT2D eigenvalue weighted by atomic mass is 9.79. The van der Waals surface area contributed by atoms with Crippen molar-refractivity contribution in [2.75, 3.05) is 23.8 Å². The summed E-state index contributed by atoms with van der Waals surface area (Å²) in [6.07, 6.45) is 0.875. The largest absolute Gasteiger partial charge is 0.397 e. The summed E-state index contributed by atoms with van der Waals surface area (Å²) >= 11 is 3.03. The van der Waals surface area contributed by atoms with Crippen LogP contribution in [-0.4, -0.2) is 47.6 Å². The SMILES string of the molecule is CCSc1nnc(N=Nc2cc3c(cc2C)N(CCOS(=O)(=O)O)C(C)(C)CC3C)s1. The van der Waals surface area contributed by atoms with Crippen LogP contribution in [0, 0.1) is 6.92 Å². The first kappa shape index (κ1) is 24.1. The molecule has 0 spiro atoms. The van der Waals surface area contributed by atoms with Gasteiger partial charge in [0, 0.05) is 17.8 Å². The van der Waals surface area contributed by atoms with Crippen LogP contribution in [0.25, 0.3) is 0 Å². The Labute approximate surface area is 191 Å². The summed E-state index contributed by atoms with van der Waals surface area (Å²) in [6, 6.07) is 4.08. The summed E-state index contributed by atoms with van der Waals surface area (Å²) in [7, 11) is -4.47. The molecule has 1 aliphatic heterocycles. The van der Waals surface area contributed by atoms with Crippen molar-refractivity contribution in [1.29, 1.82) is 0 Å². The van der Waals surface area contributed by atoms with E-state index in [1.54, 1.807) is 11.8 Å². The van der Waals surface area contributed by atoms with E-state index in [0.29, 0.717) is 11.7 Å². The number of hydrogen-bond acceptors (Lipinski definition) is 10. The quantitative estimate of drug-likeness (QED) is 0.305. The minimum Gasteiger partial charge on any atom is -0.364 e. The summed E-state index contributed by atoms with van der Waals surface area (Å²) in [5.74, 6) is 1.21. The predicted octanol–water partition coefficient (Wildman–Crippen LogP) is 5.29. The van der Waals surface area contributed by atoms with Gasteiger partial charge in [-0.3, -0.25) is 4.55 Å². The Balaban J connectivity index is 1.88. The molecule has 0 bridgehead atoms. The molecule has 1 atom stereocenters. The molecular formula is C19H27N5O4S3. The molecule has 170 valence electrons. The van der Waals surface area contributed by atoms with E-state index in [-0.39, 0.29) is 18.1 Å². The summed E-state index contributed by atoms with van der Waals surface area (Å²) in [6.45, 7) is 10.6. The zero-order valence-corrected chi connectivity index (χ0v) is 20.6. The third kappa shape index (κ3) is 6.01. The van der Waals surface area contributed by atoms with Gasteiger partial charge in [-0.05, 0) is 62.1 Å². The summed E-state index contributed by atoms with van der Waals surface area (Å²) in [5.41, 5.74) is 3.63. The molecule has 1 aromatic heterocycles. The van der Waals surface area contributed by atoms with Gasteiger partial charge in [0.25, 0.3) is 5.13 Å². The van der Waals surface area contributed by atoms with E-state index >= 15 is 0 Å². The van der Waals surface area contributed by atoms with Gasteiger partial charge in [0.15, 0.2) is 4.34 Å². The Hall–Kier alpha value is -1.60. The van der Waals surface area contributed by atoms with Crippen molar-refractivity contribution in [2.45, 2.75) is 56.8 Å². The highest BCUT2D eigenvalue weighted by atomic mass is 32.3. The Morgan fingerprint density at radius 2 is 2.10 bits per heavy atom. The highest BCUT2D eigenvalue weighted by Crippen LogP contribution is 2.45. The number of fused-ring (bicyclic) bond motifs is 1. The van der Waals surface area contributed by atoms with Crippen molar-refractivity contribution in [3.05, 3.63) is 23.3 Å². The van der Waals surface area contributed by atoms with Crippen molar-refractivity contribution in [1.82, 2.24) is 10.2 Å². The molecule has 1 aromatic carbocycles. The van der Waals surface area contributed by atoms with Crippen molar-refractivity contribution < 1.29 is 17.2 Å². The van der Waals surface area contributed by atoms with Gasteiger partial charge in [-0.15, -0.1) is 20.4 Å². The van der Waals surface area contributed by atoms with E-state index < -0.39 is 10.4 Å². The second kappa shape index (κ2) is 9.49. The molecule has 0 saturated heterocycles. The van der Waals surface area contributed by atoms with Gasteiger partial charge in [0.1, 0.15) is 0 Å². The fourth-order valence-corrected chi connectivity index (χ4v) is 5.75. The number of benzene rings is 1. The van der Waals surface area contributed by atoms with Crippen LogP contribution in [0.5, 0.6) is 0 Å². The minimum atomic E-state index is -4.47. The molecule has 0 fully saturated rings. The number of thioether (sulfide) groups is 1. The Morgan fingerprint density at radius 3 is 2.77 bits per heavy atom. The number of rotatable bonds is 8. The lowest BCUT2D eigenvalue weighted by molar-refractivity contribution is 0.260.